The van der Waals surface area contributed by atoms with Crippen LogP contribution in [0.15, 0.2) is 72.8 Å². The van der Waals surface area contributed by atoms with Crippen LogP contribution in [0.25, 0.3) is 44.1 Å². The predicted octanol–water partition coefficient (Wildman–Crippen LogP) is 10.8. The first-order valence-electron chi connectivity index (χ1n) is 15.8. The lowest BCUT2D eigenvalue weighted by atomic mass is 10.0. The maximum atomic E-state index is 14.7. The Hall–Kier alpha value is -3.79. The van der Waals surface area contributed by atoms with E-state index in [9.17, 15) is 8.78 Å². The van der Waals surface area contributed by atoms with Crippen molar-refractivity contribution < 1.29 is 8.78 Å². The van der Waals surface area contributed by atoms with Gasteiger partial charge in [-0.2, -0.15) is 22.0 Å². The number of benzene rings is 4. The van der Waals surface area contributed by atoms with Gasteiger partial charge in [-0.15, -0.1) is 0 Å². The molecule has 0 atom stereocenters. The molecule has 6 nitrogen and oxygen atoms in total. The second-order valence-electron chi connectivity index (χ2n) is 11.6. The van der Waals surface area contributed by atoms with Crippen LogP contribution in [-0.4, -0.2) is 45.5 Å². The van der Waals surface area contributed by atoms with Crippen molar-refractivity contribution in [2.45, 2.75) is 32.1 Å². The van der Waals surface area contributed by atoms with Crippen molar-refractivity contribution in [1.29, 1.82) is 0 Å². The minimum absolute atomic E-state index is 0.112. The molecule has 1 aliphatic rings. The predicted molar refractivity (Wildman–Crippen MR) is 195 cm³/mol. The van der Waals surface area contributed by atoms with Gasteiger partial charge in [0.15, 0.2) is 23.3 Å². The SMILES string of the molecule is CSCCCNc1n[nH]c2c(F)c(Cl)c(-c3ccccc3)cc12.Fc1c(Cl)c(-c2ccccc2)cc2c(NCC3CCCC3)n[nH]c12. The second kappa shape index (κ2) is 15.4. The van der Waals surface area contributed by atoms with Gasteiger partial charge in [-0.25, -0.2) is 8.78 Å². The fourth-order valence-electron chi connectivity index (χ4n) is 5.99. The Balaban J connectivity index is 0.000000165. The van der Waals surface area contributed by atoms with Gasteiger partial charge in [0.2, 0.25) is 0 Å². The van der Waals surface area contributed by atoms with Crippen LogP contribution < -0.4 is 10.6 Å². The van der Waals surface area contributed by atoms with E-state index in [0.717, 1.165) is 47.2 Å². The van der Waals surface area contributed by atoms with Crippen LogP contribution in [0.4, 0.5) is 20.4 Å². The molecule has 2 aromatic heterocycles. The summed E-state index contributed by atoms with van der Waals surface area (Å²) in [5.74, 6) is 2.20. The Morgan fingerprint density at radius 3 is 1.74 bits per heavy atom. The lowest BCUT2D eigenvalue weighted by Crippen LogP contribution is -2.11. The molecule has 0 saturated heterocycles. The molecule has 0 unspecified atom stereocenters. The van der Waals surface area contributed by atoms with E-state index in [4.69, 9.17) is 23.2 Å². The van der Waals surface area contributed by atoms with E-state index < -0.39 is 11.6 Å². The molecule has 47 heavy (non-hydrogen) atoms. The molecule has 0 radical (unpaired) electrons. The summed E-state index contributed by atoms with van der Waals surface area (Å²) in [5, 5.41) is 22.3. The van der Waals surface area contributed by atoms with Gasteiger partial charge < -0.3 is 10.6 Å². The van der Waals surface area contributed by atoms with E-state index in [-0.39, 0.29) is 10.0 Å². The van der Waals surface area contributed by atoms with Crippen molar-refractivity contribution in [3.63, 3.8) is 0 Å². The van der Waals surface area contributed by atoms with Gasteiger partial charge in [-0.3, -0.25) is 10.2 Å². The summed E-state index contributed by atoms with van der Waals surface area (Å²) in [5.41, 5.74) is 3.83. The van der Waals surface area contributed by atoms with Crippen LogP contribution in [0.1, 0.15) is 32.1 Å². The lowest BCUT2D eigenvalue weighted by molar-refractivity contribution is 0.579. The number of H-pyrrole nitrogens is 2. The van der Waals surface area contributed by atoms with E-state index in [2.05, 4.69) is 37.3 Å². The molecule has 1 aliphatic carbocycles. The Kier molecular flexibility index (Phi) is 10.9. The molecular formula is C36H36Cl2F2N6S. The zero-order valence-corrected chi connectivity index (χ0v) is 28.3. The Morgan fingerprint density at radius 1 is 0.766 bits per heavy atom. The fourth-order valence-corrected chi connectivity index (χ4v) is 6.94. The number of halogens is 4. The normalized spacial score (nSPS) is 13.2. The number of nitrogens with zero attached hydrogens (tertiary/aromatic N) is 2. The highest BCUT2D eigenvalue weighted by Gasteiger charge is 2.20. The summed E-state index contributed by atoms with van der Waals surface area (Å²) >= 11 is 14.3. The van der Waals surface area contributed by atoms with Crippen molar-refractivity contribution in [3.05, 3.63) is 94.5 Å². The van der Waals surface area contributed by atoms with E-state index >= 15 is 0 Å². The smallest absolute Gasteiger partial charge is 0.168 e. The van der Waals surface area contributed by atoms with Crippen molar-refractivity contribution >= 4 is 68.4 Å². The molecule has 0 aliphatic heterocycles. The number of aromatic nitrogens is 4. The number of rotatable bonds is 10. The zero-order valence-electron chi connectivity index (χ0n) is 26.0. The number of fused-ring (bicyclic) bond motifs is 2. The maximum Gasteiger partial charge on any atom is 0.168 e. The van der Waals surface area contributed by atoms with Crippen LogP contribution in [0.2, 0.25) is 10.0 Å². The molecule has 11 heteroatoms. The molecule has 1 saturated carbocycles. The number of thioether (sulfide) groups is 1. The highest BCUT2D eigenvalue weighted by molar-refractivity contribution is 7.98. The summed E-state index contributed by atoms with van der Waals surface area (Å²) in [6.07, 6.45) is 8.21. The van der Waals surface area contributed by atoms with Gasteiger partial charge in [0, 0.05) is 35.0 Å². The van der Waals surface area contributed by atoms with Gasteiger partial charge in [0.05, 0.1) is 10.0 Å². The van der Waals surface area contributed by atoms with E-state index in [1.165, 1.54) is 25.7 Å². The largest absolute Gasteiger partial charge is 0.368 e. The van der Waals surface area contributed by atoms with Crippen LogP contribution in [-0.2, 0) is 0 Å². The molecule has 244 valence electrons. The van der Waals surface area contributed by atoms with Crippen LogP contribution in [0.3, 0.4) is 0 Å². The Labute approximate surface area is 287 Å². The molecule has 0 spiro atoms. The molecule has 6 aromatic rings. The minimum Gasteiger partial charge on any atom is -0.368 e. The standard InChI is InChI=1S/C19H19ClFN3.C17H17ClFN3S/c20-16-14(13-8-2-1-3-9-13)10-15-18(17(16)21)23-24-19(15)22-11-12-6-4-5-7-12;1-23-9-5-8-20-17-13-10-12(11-6-3-2-4-7-11)14(18)15(19)16(13)21-22-17/h1-3,8-10,12H,4-7,11H2,(H2,22,23,24);2-4,6-7,10H,5,8-9H2,1H3,(H2,20,21,22). The molecule has 2 heterocycles. The Bertz CT molecular complexity index is 1940. The van der Waals surface area contributed by atoms with Gasteiger partial charge >= 0.3 is 0 Å². The molecule has 4 N–H and O–H groups in total. The summed E-state index contributed by atoms with van der Waals surface area (Å²) in [6.45, 7) is 1.68. The number of anilines is 2. The third-order valence-corrected chi connectivity index (χ3v) is 9.94. The molecule has 7 rings (SSSR count). The maximum absolute atomic E-state index is 14.7. The summed E-state index contributed by atoms with van der Waals surface area (Å²) in [7, 11) is 0. The summed E-state index contributed by atoms with van der Waals surface area (Å²) in [4.78, 5) is 0. The van der Waals surface area contributed by atoms with E-state index in [1.807, 2.05) is 72.8 Å². The molecule has 1 fully saturated rings. The molecule has 0 amide bonds. The van der Waals surface area contributed by atoms with E-state index in [0.29, 0.717) is 39.7 Å². The monoisotopic (exact) mass is 692 g/mol. The summed E-state index contributed by atoms with van der Waals surface area (Å²) < 4.78 is 29.2. The number of nitrogens with one attached hydrogen (secondary N) is 4. The molecular weight excluding hydrogens is 657 g/mol. The molecule has 0 bridgehead atoms. The topological polar surface area (TPSA) is 81.4 Å². The second-order valence-corrected chi connectivity index (χ2v) is 13.4. The highest BCUT2D eigenvalue weighted by Crippen LogP contribution is 2.38. The van der Waals surface area contributed by atoms with Crippen LogP contribution in [0, 0.1) is 17.6 Å². The number of hydrogen-bond acceptors (Lipinski definition) is 5. The highest BCUT2D eigenvalue weighted by atomic mass is 35.5. The van der Waals surface area contributed by atoms with Gasteiger partial charge in [0.25, 0.3) is 0 Å². The Morgan fingerprint density at radius 2 is 1.26 bits per heavy atom. The first-order chi connectivity index (χ1) is 23.0. The average molecular weight is 694 g/mol. The van der Waals surface area contributed by atoms with Crippen molar-refractivity contribution in [2.24, 2.45) is 5.92 Å². The summed E-state index contributed by atoms with van der Waals surface area (Å²) in [6, 6.07) is 23.0. The zero-order chi connectivity index (χ0) is 32.8. The van der Waals surface area contributed by atoms with Crippen molar-refractivity contribution in [1.82, 2.24) is 20.4 Å². The number of hydrogen-bond donors (Lipinski definition) is 4. The fraction of sp³-hybridized carbons (Fsp3) is 0.278. The third kappa shape index (κ3) is 7.37. The minimum atomic E-state index is -0.465. The average Bonchev–Trinajstić information content (AvgIpc) is 3.87. The van der Waals surface area contributed by atoms with Crippen molar-refractivity contribution in [2.75, 3.05) is 35.7 Å². The first kappa shape index (κ1) is 33.1. The quantitative estimate of drug-likeness (QED) is 0.107. The lowest BCUT2D eigenvalue weighted by Gasteiger charge is -2.11. The van der Waals surface area contributed by atoms with E-state index in [1.54, 1.807) is 11.8 Å². The number of aromatic amines is 2. The third-order valence-electron chi connectivity index (χ3n) is 8.50. The van der Waals surface area contributed by atoms with Crippen LogP contribution in [0.5, 0.6) is 0 Å². The van der Waals surface area contributed by atoms with Gasteiger partial charge in [0.1, 0.15) is 11.0 Å². The van der Waals surface area contributed by atoms with Crippen LogP contribution >= 0.6 is 35.0 Å². The van der Waals surface area contributed by atoms with Gasteiger partial charge in [-0.1, -0.05) is 96.7 Å². The molecule has 4 aromatic carbocycles. The first-order valence-corrected chi connectivity index (χ1v) is 17.9. The van der Waals surface area contributed by atoms with Crippen molar-refractivity contribution in [3.8, 4) is 22.3 Å². The van der Waals surface area contributed by atoms with Gasteiger partial charge in [-0.05, 0) is 60.4 Å².